The lowest BCUT2D eigenvalue weighted by Crippen LogP contribution is -2.29. The number of carbonyl (C=O) groups excluding carboxylic acids is 2. The molecule has 28 heavy (non-hydrogen) atoms. The molecule has 1 fully saturated rings. The molecule has 0 bridgehead atoms. The zero-order valence-electron chi connectivity index (χ0n) is 15.1. The highest BCUT2D eigenvalue weighted by atomic mass is 79.9. The number of benzene rings is 1. The van der Waals surface area contributed by atoms with Crippen LogP contribution in [-0.2, 0) is 19.6 Å². The van der Waals surface area contributed by atoms with Gasteiger partial charge in [-0.25, -0.2) is 13.2 Å². The number of hydrogen-bond acceptors (Lipinski definition) is 6. The van der Waals surface area contributed by atoms with Gasteiger partial charge in [-0.1, -0.05) is 6.07 Å². The molecule has 1 aromatic heterocycles. The number of amides is 1. The van der Waals surface area contributed by atoms with Gasteiger partial charge in [0, 0.05) is 17.6 Å². The SMILES string of the molecule is Cc1ccc(NC(=O)COC(=O)c2sccc2S(=O)(=O)N2CCCC2)c(Br)c1. The van der Waals surface area contributed by atoms with Crippen LogP contribution in [0.15, 0.2) is 39.0 Å². The average molecular weight is 487 g/mol. The predicted octanol–water partition coefficient (Wildman–Crippen LogP) is 3.40. The Hall–Kier alpha value is -1.75. The number of ether oxygens (including phenoxy) is 1. The zero-order valence-corrected chi connectivity index (χ0v) is 18.3. The number of halogens is 1. The molecule has 150 valence electrons. The Morgan fingerprint density at radius 3 is 2.64 bits per heavy atom. The number of sulfonamides is 1. The van der Waals surface area contributed by atoms with Crippen molar-refractivity contribution in [2.75, 3.05) is 25.0 Å². The molecule has 1 N–H and O–H groups in total. The van der Waals surface area contributed by atoms with Gasteiger partial charge in [0.2, 0.25) is 10.0 Å². The van der Waals surface area contributed by atoms with Gasteiger partial charge in [0.15, 0.2) is 6.61 Å². The third kappa shape index (κ3) is 4.62. The van der Waals surface area contributed by atoms with Crippen molar-refractivity contribution in [1.82, 2.24) is 4.31 Å². The highest BCUT2D eigenvalue weighted by Gasteiger charge is 2.32. The number of nitrogens with one attached hydrogen (secondary N) is 1. The maximum Gasteiger partial charge on any atom is 0.350 e. The number of nitrogens with zero attached hydrogens (tertiary/aromatic N) is 1. The second kappa shape index (κ2) is 8.73. The highest BCUT2D eigenvalue weighted by molar-refractivity contribution is 9.10. The number of carbonyl (C=O) groups is 2. The van der Waals surface area contributed by atoms with Gasteiger partial charge < -0.3 is 10.1 Å². The third-order valence-electron chi connectivity index (χ3n) is 4.23. The van der Waals surface area contributed by atoms with Crippen molar-refractivity contribution in [1.29, 1.82) is 0 Å². The fourth-order valence-electron chi connectivity index (χ4n) is 2.82. The molecular formula is C18H19BrN2O5S2. The van der Waals surface area contributed by atoms with E-state index in [1.165, 1.54) is 15.8 Å². The predicted molar refractivity (Wildman–Crippen MR) is 110 cm³/mol. The van der Waals surface area contributed by atoms with Gasteiger partial charge in [-0.05, 0) is 64.8 Å². The molecule has 10 heteroatoms. The second-order valence-electron chi connectivity index (χ2n) is 6.33. The van der Waals surface area contributed by atoms with Crippen molar-refractivity contribution < 1.29 is 22.7 Å². The maximum atomic E-state index is 12.7. The third-order valence-corrected chi connectivity index (χ3v) is 7.85. The molecule has 0 aliphatic carbocycles. The molecule has 2 heterocycles. The summed E-state index contributed by atoms with van der Waals surface area (Å²) in [5, 5.41) is 4.17. The zero-order chi connectivity index (χ0) is 20.3. The fourth-order valence-corrected chi connectivity index (χ4v) is 6.21. The largest absolute Gasteiger partial charge is 0.451 e. The summed E-state index contributed by atoms with van der Waals surface area (Å²) >= 11 is 4.34. The van der Waals surface area contributed by atoms with Crippen LogP contribution in [0.4, 0.5) is 5.69 Å². The first-order chi connectivity index (χ1) is 13.3. The second-order valence-corrected chi connectivity index (χ2v) is 10.0. The van der Waals surface area contributed by atoms with Gasteiger partial charge in [-0.3, -0.25) is 4.79 Å². The van der Waals surface area contributed by atoms with Crippen molar-refractivity contribution in [3.63, 3.8) is 0 Å². The molecule has 0 saturated carbocycles. The highest BCUT2D eigenvalue weighted by Crippen LogP contribution is 2.28. The molecule has 3 rings (SSSR count). The van der Waals surface area contributed by atoms with Crippen molar-refractivity contribution >= 4 is 54.9 Å². The molecule has 7 nitrogen and oxygen atoms in total. The van der Waals surface area contributed by atoms with Gasteiger partial charge in [0.05, 0.1) is 5.69 Å². The quantitative estimate of drug-likeness (QED) is 0.631. The fraction of sp³-hybridized carbons (Fsp3) is 0.333. The Balaban J connectivity index is 1.64. The summed E-state index contributed by atoms with van der Waals surface area (Å²) in [7, 11) is -3.73. The van der Waals surface area contributed by atoms with Crippen LogP contribution >= 0.6 is 27.3 Å². The summed E-state index contributed by atoms with van der Waals surface area (Å²) < 4.78 is 32.5. The summed E-state index contributed by atoms with van der Waals surface area (Å²) in [5.41, 5.74) is 1.58. The van der Waals surface area contributed by atoms with Crippen LogP contribution in [0, 0.1) is 6.92 Å². The van der Waals surface area contributed by atoms with Gasteiger partial charge >= 0.3 is 5.97 Å². The first-order valence-electron chi connectivity index (χ1n) is 8.60. The number of rotatable bonds is 6. The van der Waals surface area contributed by atoms with E-state index in [0.717, 1.165) is 29.7 Å². The van der Waals surface area contributed by atoms with Crippen LogP contribution < -0.4 is 5.32 Å². The van der Waals surface area contributed by atoms with E-state index in [1.54, 1.807) is 6.07 Å². The molecule has 0 radical (unpaired) electrons. The lowest BCUT2D eigenvalue weighted by molar-refractivity contribution is -0.119. The normalized spacial score (nSPS) is 14.8. The minimum Gasteiger partial charge on any atom is -0.451 e. The molecule has 2 aromatic rings. The molecule has 0 atom stereocenters. The molecule has 1 aromatic carbocycles. The van der Waals surface area contributed by atoms with E-state index < -0.39 is 28.5 Å². The van der Waals surface area contributed by atoms with Gasteiger partial charge in [0.25, 0.3) is 5.91 Å². The van der Waals surface area contributed by atoms with Gasteiger partial charge in [-0.15, -0.1) is 11.3 Å². The number of thiophene rings is 1. The van der Waals surface area contributed by atoms with E-state index in [1.807, 2.05) is 19.1 Å². The van der Waals surface area contributed by atoms with Crippen LogP contribution in [0.3, 0.4) is 0 Å². The van der Waals surface area contributed by atoms with E-state index in [4.69, 9.17) is 4.74 Å². The summed E-state index contributed by atoms with van der Waals surface area (Å²) in [6.45, 7) is 2.30. The Morgan fingerprint density at radius 1 is 1.25 bits per heavy atom. The van der Waals surface area contributed by atoms with E-state index in [-0.39, 0.29) is 9.77 Å². The van der Waals surface area contributed by atoms with Crippen LogP contribution in [0.2, 0.25) is 0 Å². The van der Waals surface area contributed by atoms with E-state index in [0.29, 0.717) is 23.2 Å². The molecule has 1 saturated heterocycles. The first-order valence-corrected chi connectivity index (χ1v) is 11.7. The Kier molecular flexibility index (Phi) is 6.54. The van der Waals surface area contributed by atoms with Crippen molar-refractivity contribution in [3.05, 3.63) is 44.6 Å². The molecular weight excluding hydrogens is 468 g/mol. The Bertz CT molecular complexity index is 997. The average Bonchev–Trinajstić information content (AvgIpc) is 3.34. The smallest absolute Gasteiger partial charge is 0.350 e. The molecule has 1 aliphatic heterocycles. The van der Waals surface area contributed by atoms with E-state index in [2.05, 4.69) is 21.2 Å². The Labute approximate surface area is 175 Å². The molecule has 0 spiro atoms. The first kappa shape index (κ1) is 21.0. The van der Waals surface area contributed by atoms with E-state index in [9.17, 15) is 18.0 Å². The van der Waals surface area contributed by atoms with Crippen molar-refractivity contribution in [3.8, 4) is 0 Å². The maximum absolute atomic E-state index is 12.7. The lowest BCUT2D eigenvalue weighted by Gasteiger charge is -2.15. The summed E-state index contributed by atoms with van der Waals surface area (Å²) in [4.78, 5) is 24.4. The molecule has 1 aliphatic rings. The number of anilines is 1. The van der Waals surface area contributed by atoms with Crippen molar-refractivity contribution in [2.24, 2.45) is 0 Å². The Morgan fingerprint density at radius 2 is 1.96 bits per heavy atom. The molecule has 1 amide bonds. The minimum absolute atomic E-state index is 0.0174. The lowest BCUT2D eigenvalue weighted by atomic mass is 10.2. The van der Waals surface area contributed by atoms with Gasteiger partial charge in [0.1, 0.15) is 9.77 Å². The monoisotopic (exact) mass is 486 g/mol. The molecule has 0 unspecified atom stereocenters. The number of hydrogen-bond donors (Lipinski definition) is 1. The van der Waals surface area contributed by atoms with Gasteiger partial charge in [-0.2, -0.15) is 4.31 Å². The van der Waals surface area contributed by atoms with Crippen LogP contribution in [0.5, 0.6) is 0 Å². The standard InChI is InChI=1S/C18H19BrN2O5S2/c1-12-4-5-14(13(19)10-12)20-16(22)11-26-18(23)17-15(6-9-27-17)28(24,25)21-7-2-3-8-21/h4-6,9-10H,2-3,7-8,11H2,1H3,(H,20,22). The van der Waals surface area contributed by atoms with Crippen LogP contribution in [0.25, 0.3) is 0 Å². The van der Waals surface area contributed by atoms with Crippen molar-refractivity contribution in [2.45, 2.75) is 24.7 Å². The van der Waals surface area contributed by atoms with Crippen LogP contribution in [0.1, 0.15) is 28.1 Å². The topological polar surface area (TPSA) is 92.8 Å². The summed E-state index contributed by atoms with van der Waals surface area (Å²) in [6, 6.07) is 6.83. The van der Waals surface area contributed by atoms with E-state index >= 15 is 0 Å². The number of esters is 1. The van der Waals surface area contributed by atoms with Crippen LogP contribution in [-0.4, -0.2) is 44.3 Å². The summed E-state index contributed by atoms with van der Waals surface area (Å²) in [5.74, 6) is -1.34. The summed E-state index contributed by atoms with van der Waals surface area (Å²) in [6.07, 6.45) is 1.61. The number of aryl methyl sites for hydroxylation is 1. The minimum atomic E-state index is -3.73.